The normalized spacial score (nSPS) is 16.6. The Kier molecular flexibility index (Phi) is 4.86. The lowest BCUT2D eigenvalue weighted by atomic mass is 9.90. The zero-order valence-corrected chi connectivity index (χ0v) is 15.1. The lowest BCUT2D eigenvalue weighted by molar-refractivity contribution is 0.0474. The van der Waals surface area contributed by atoms with E-state index in [1.54, 1.807) is 11.3 Å². The number of aliphatic hydroxyl groups is 1. The number of piperidine rings is 1. The van der Waals surface area contributed by atoms with Crippen LogP contribution in [-0.4, -0.2) is 34.2 Å². The van der Waals surface area contributed by atoms with Crippen molar-refractivity contribution >= 4 is 17.2 Å². The minimum atomic E-state index is -0.442. The molecule has 1 atom stereocenters. The van der Waals surface area contributed by atoms with Crippen LogP contribution in [0.5, 0.6) is 0 Å². The first-order valence-electron chi connectivity index (χ1n) is 8.75. The van der Waals surface area contributed by atoms with E-state index in [4.69, 9.17) is 4.52 Å². The van der Waals surface area contributed by atoms with Crippen molar-refractivity contribution in [1.29, 1.82) is 0 Å². The number of aliphatic hydroxyl groups excluding tert-OH is 1. The van der Waals surface area contributed by atoms with Crippen LogP contribution in [0.2, 0.25) is 0 Å². The van der Waals surface area contributed by atoms with Crippen LogP contribution < -0.4 is 0 Å². The van der Waals surface area contributed by atoms with Crippen LogP contribution in [0.3, 0.4) is 0 Å². The zero-order valence-electron chi connectivity index (χ0n) is 14.2. The molecule has 1 aliphatic heterocycles. The maximum atomic E-state index is 12.9. The topological polar surface area (TPSA) is 66.6 Å². The van der Waals surface area contributed by atoms with E-state index in [0.717, 1.165) is 23.3 Å². The van der Waals surface area contributed by atoms with Crippen molar-refractivity contribution in [2.24, 2.45) is 5.92 Å². The van der Waals surface area contributed by atoms with E-state index in [0.29, 0.717) is 24.4 Å². The molecule has 1 fully saturated rings. The van der Waals surface area contributed by atoms with Gasteiger partial charge in [0.05, 0.1) is 12.3 Å². The first kappa shape index (κ1) is 17.0. The van der Waals surface area contributed by atoms with Gasteiger partial charge in [0.1, 0.15) is 5.56 Å². The van der Waals surface area contributed by atoms with E-state index < -0.39 is 6.10 Å². The zero-order chi connectivity index (χ0) is 17.9. The monoisotopic (exact) mass is 368 g/mol. The molecule has 1 saturated heterocycles. The molecule has 0 unspecified atom stereocenters. The van der Waals surface area contributed by atoms with Crippen molar-refractivity contribution in [3.63, 3.8) is 0 Å². The quantitative estimate of drug-likeness (QED) is 0.756. The third-order valence-corrected chi connectivity index (χ3v) is 5.89. The maximum absolute atomic E-state index is 12.9. The van der Waals surface area contributed by atoms with Gasteiger partial charge in [0.2, 0.25) is 0 Å². The number of carbonyl (C=O) groups is 1. The number of rotatable bonds is 4. The number of hydrogen-bond donors (Lipinski definition) is 1. The Labute approximate surface area is 155 Å². The smallest absolute Gasteiger partial charge is 0.259 e. The van der Waals surface area contributed by atoms with Crippen LogP contribution in [-0.2, 0) is 0 Å². The number of aromatic nitrogens is 1. The van der Waals surface area contributed by atoms with Crippen molar-refractivity contribution in [3.8, 4) is 11.3 Å². The first-order chi connectivity index (χ1) is 12.7. The Hall–Kier alpha value is -2.44. The Balaban J connectivity index is 1.44. The van der Waals surface area contributed by atoms with Gasteiger partial charge in [-0.05, 0) is 30.2 Å². The Morgan fingerprint density at radius 2 is 1.96 bits per heavy atom. The van der Waals surface area contributed by atoms with Gasteiger partial charge in [-0.15, -0.1) is 11.3 Å². The molecule has 134 valence electrons. The number of benzene rings is 1. The molecule has 0 bridgehead atoms. The van der Waals surface area contributed by atoms with Crippen LogP contribution in [0.1, 0.15) is 34.2 Å². The van der Waals surface area contributed by atoms with E-state index >= 15 is 0 Å². The van der Waals surface area contributed by atoms with Gasteiger partial charge < -0.3 is 14.5 Å². The lowest BCUT2D eigenvalue weighted by Gasteiger charge is -2.33. The molecule has 0 radical (unpaired) electrons. The molecule has 0 saturated carbocycles. The molecule has 0 aliphatic carbocycles. The van der Waals surface area contributed by atoms with Gasteiger partial charge in [-0.1, -0.05) is 41.6 Å². The second kappa shape index (κ2) is 7.43. The molecule has 1 amide bonds. The molecule has 1 aromatic carbocycles. The van der Waals surface area contributed by atoms with Gasteiger partial charge in [-0.3, -0.25) is 4.79 Å². The highest BCUT2D eigenvalue weighted by molar-refractivity contribution is 7.10. The third kappa shape index (κ3) is 3.30. The Morgan fingerprint density at radius 1 is 1.19 bits per heavy atom. The number of carbonyl (C=O) groups excluding carboxylic acids is 1. The number of hydrogen-bond acceptors (Lipinski definition) is 5. The Morgan fingerprint density at radius 3 is 2.65 bits per heavy atom. The first-order valence-corrected chi connectivity index (χ1v) is 9.63. The summed E-state index contributed by atoms with van der Waals surface area (Å²) in [6.07, 6.45) is 2.63. The van der Waals surface area contributed by atoms with E-state index in [2.05, 4.69) is 5.16 Å². The minimum absolute atomic E-state index is 0.0610. The lowest BCUT2D eigenvalue weighted by Crippen LogP contribution is -2.39. The van der Waals surface area contributed by atoms with Gasteiger partial charge in [-0.25, -0.2) is 0 Å². The van der Waals surface area contributed by atoms with Crippen LogP contribution in [0.25, 0.3) is 11.3 Å². The van der Waals surface area contributed by atoms with E-state index in [9.17, 15) is 9.90 Å². The fourth-order valence-corrected chi connectivity index (χ4v) is 4.27. The fourth-order valence-electron chi connectivity index (χ4n) is 3.47. The predicted octanol–water partition coefficient (Wildman–Crippen LogP) is 3.99. The molecule has 26 heavy (non-hydrogen) atoms. The molecule has 3 heterocycles. The SMILES string of the molecule is O=C(c1cnoc1-c1ccccc1)N1CCC([C@H](O)c2cccs2)CC1. The van der Waals surface area contributed by atoms with Crippen molar-refractivity contribution in [2.75, 3.05) is 13.1 Å². The highest BCUT2D eigenvalue weighted by Gasteiger charge is 2.31. The third-order valence-electron chi connectivity index (χ3n) is 4.94. The second-order valence-corrected chi connectivity index (χ2v) is 7.50. The average molecular weight is 368 g/mol. The molecule has 6 heteroatoms. The van der Waals surface area contributed by atoms with Crippen LogP contribution in [0, 0.1) is 5.92 Å². The molecule has 0 spiro atoms. The predicted molar refractivity (Wildman–Crippen MR) is 99.8 cm³/mol. The van der Waals surface area contributed by atoms with Gasteiger partial charge in [-0.2, -0.15) is 0 Å². The molecular weight excluding hydrogens is 348 g/mol. The van der Waals surface area contributed by atoms with Crippen LogP contribution in [0.4, 0.5) is 0 Å². The largest absolute Gasteiger partial charge is 0.387 e. The van der Waals surface area contributed by atoms with E-state index in [1.807, 2.05) is 52.7 Å². The van der Waals surface area contributed by atoms with Gasteiger partial charge >= 0.3 is 0 Å². The fraction of sp³-hybridized carbons (Fsp3) is 0.300. The molecule has 1 N–H and O–H groups in total. The minimum Gasteiger partial charge on any atom is -0.387 e. The number of thiophene rings is 1. The van der Waals surface area contributed by atoms with Crippen LogP contribution >= 0.6 is 11.3 Å². The summed E-state index contributed by atoms with van der Waals surface area (Å²) < 4.78 is 5.33. The average Bonchev–Trinajstić information content (AvgIpc) is 3.39. The van der Waals surface area contributed by atoms with Crippen molar-refractivity contribution < 1.29 is 14.4 Å². The molecule has 4 rings (SSSR count). The molecule has 2 aromatic heterocycles. The summed E-state index contributed by atoms with van der Waals surface area (Å²) in [5, 5.41) is 16.3. The number of amides is 1. The molecule has 3 aromatic rings. The van der Waals surface area contributed by atoms with Crippen LogP contribution in [0.15, 0.2) is 58.6 Å². The highest BCUT2D eigenvalue weighted by atomic mass is 32.1. The van der Waals surface area contributed by atoms with Gasteiger partial charge in [0.15, 0.2) is 5.76 Å². The summed E-state index contributed by atoms with van der Waals surface area (Å²) >= 11 is 1.58. The highest BCUT2D eigenvalue weighted by Crippen LogP contribution is 2.34. The van der Waals surface area contributed by atoms with E-state index in [-0.39, 0.29) is 11.8 Å². The molecule has 5 nitrogen and oxygen atoms in total. The summed E-state index contributed by atoms with van der Waals surface area (Å²) in [5.41, 5.74) is 1.34. The van der Waals surface area contributed by atoms with Gasteiger partial charge in [0, 0.05) is 23.5 Å². The summed E-state index contributed by atoms with van der Waals surface area (Å²) in [5.74, 6) is 0.638. The van der Waals surface area contributed by atoms with Crippen molar-refractivity contribution in [3.05, 3.63) is 64.5 Å². The summed E-state index contributed by atoms with van der Waals surface area (Å²) in [4.78, 5) is 15.8. The molecule has 1 aliphatic rings. The van der Waals surface area contributed by atoms with E-state index in [1.165, 1.54) is 6.20 Å². The standard InChI is InChI=1S/C20H20N2O3S/c23-18(17-7-4-12-26-17)14-8-10-22(11-9-14)20(24)16-13-21-25-19(16)15-5-2-1-3-6-15/h1-7,12-14,18,23H,8-11H2/t18-/m0/s1. The summed E-state index contributed by atoms with van der Waals surface area (Å²) in [6, 6.07) is 13.5. The number of likely N-dealkylation sites (tertiary alicyclic amines) is 1. The number of nitrogens with zero attached hydrogens (tertiary/aromatic N) is 2. The van der Waals surface area contributed by atoms with Gasteiger partial charge in [0.25, 0.3) is 5.91 Å². The van der Waals surface area contributed by atoms with Crippen molar-refractivity contribution in [2.45, 2.75) is 18.9 Å². The molecular formula is C20H20N2O3S. The summed E-state index contributed by atoms with van der Waals surface area (Å²) in [7, 11) is 0. The second-order valence-electron chi connectivity index (χ2n) is 6.52. The summed E-state index contributed by atoms with van der Waals surface area (Å²) in [6.45, 7) is 1.26. The Bertz CT molecular complexity index is 852. The maximum Gasteiger partial charge on any atom is 0.259 e. The van der Waals surface area contributed by atoms with Crippen molar-refractivity contribution in [1.82, 2.24) is 10.1 Å².